The molecule has 150 valence electrons. The average molecular weight is 385 g/mol. The second-order valence-corrected chi connectivity index (χ2v) is 7.62. The van der Waals surface area contributed by atoms with Gasteiger partial charge in [-0.05, 0) is 31.4 Å². The Bertz CT molecular complexity index is 851. The van der Waals surface area contributed by atoms with Crippen molar-refractivity contribution >= 4 is 17.2 Å². The minimum Gasteiger partial charge on any atom is -0.383 e. The molecule has 2 N–H and O–H groups in total. The van der Waals surface area contributed by atoms with Gasteiger partial charge in [-0.15, -0.1) is 0 Å². The van der Waals surface area contributed by atoms with Crippen LogP contribution in [0.1, 0.15) is 19.3 Å². The summed E-state index contributed by atoms with van der Waals surface area (Å²) in [5.74, 6) is 1.18. The van der Waals surface area contributed by atoms with Gasteiger partial charge >= 0.3 is 0 Å². The van der Waals surface area contributed by atoms with Gasteiger partial charge in [-0.3, -0.25) is 4.79 Å². The molecule has 3 heterocycles. The van der Waals surface area contributed by atoms with Crippen molar-refractivity contribution in [2.24, 2.45) is 11.3 Å². The highest BCUT2D eigenvalue weighted by Crippen LogP contribution is 2.32. The number of nitrogens with zero attached hydrogens (tertiary/aromatic N) is 3. The van der Waals surface area contributed by atoms with Crippen molar-refractivity contribution in [2.75, 3.05) is 38.7 Å². The third kappa shape index (κ3) is 3.88. The van der Waals surface area contributed by atoms with Crippen molar-refractivity contribution in [1.82, 2.24) is 19.9 Å². The van der Waals surface area contributed by atoms with Crippen molar-refractivity contribution in [1.29, 1.82) is 0 Å². The Labute approximate surface area is 164 Å². The zero-order chi connectivity index (χ0) is 19.4. The molecule has 0 aromatic carbocycles. The van der Waals surface area contributed by atoms with Crippen LogP contribution < -0.4 is 10.6 Å². The van der Waals surface area contributed by atoms with E-state index >= 15 is 0 Å². The molecular weight excluding hydrogens is 358 g/mol. The van der Waals surface area contributed by atoms with E-state index in [1.165, 1.54) is 6.33 Å². The number of carbonyl (C=O) groups excluding carboxylic acids is 1. The molecule has 0 bridgehead atoms. The highest BCUT2D eigenvalue weighted by Gasteiger charge is 2.38. The first kappa shape index (κ1) is 18.9. The number of aromatic nitrogens is 3. The van der Waals surface area contributed by atoms with Crippen LogP contribution in [0.25, 0.3) is 5.52 Å². The lowest BCUT2D eigenvalue weighted by molar-refractivity contribution is -0.131. The van der Waals surface area contributed by atoms with E-state index in [9.17, 15) is 4.79 Å². The molecule has 0 saturated carbocycles. The summed E-state index contributed by atoms with van der Waals surface area (Å²) in [5, 5.41) is 10.6. The van der Waals surface area contributed by atoms with Crippen LogP contribution in [0.3, 0.4) is 0 Å². The normalized spacial score (nSPS) is 26.8. The summed E-state index contributed by atoms with van der Waals surface area (Å²) < 4.78 is 13.0. The van der Waals surface area contributed by atoms with E-state index in [1.807, 2.05) is 24.4 Å². The summed E-state index contributed by atoms with van der Waals surface area (Å²) in [5.41, 5.74) is 0.433. The van der Waals surface area contributed by atoms with E-state index in [1.54, 1.807) is 11.6 Å². The first-order valence-electron chi connectivity index (χ1n) is 9.79. The van der Waals surface area contributed by atoms with E-state index in [0.29, 0.717) is 32.2 Å². The molecule has 1 saturated heterocycles. The molecule has 3 atom stereocenters. The predicted molar refractivity (Wildman–Crippen MR) is 105 cm³/mol. The van der Waals surface area contributed by atoms with Crippen LogP contribution in [0.4, 0.5) is 5.82 Å². The van der Waals surface area contributed by atoms with Crippen LogP contribution in [0.5, 0.6) is 0 Å². The summed E-state index contributed by atoms with van der Waals surface area (Å²) in [6.07, 6.45) is 10.2. The van der Waals surface area contributed by atoms with Crippen molar-refractivity contribution < 1.29 is 14.3 Å². The summed E-state index contributed by atoms with van der Waals surface area (Å²) in [7, 11) is 1.64. The van der Waals surface area contributed by atoms with Crippen molar-refractivity contribution in [3.8, 4) is 0 Å². The highest BCUT2D eigenvalue weighted by molar-refractivity contribution is 5.85. The van der Waals surface area contributed by atoms with Crippen molar-refractivity contribution in [3.63, 3.8) is 0 Å². The number of allylic oxidation sites excluding steroid dienone is 1. The number of methoxy groups -OCH3 is 1. The second kappa shape index (κ2) is 8.28. The molecular formula is C20H27N5O3. The van der Waals surface area contributed by atoms with E-state index in [0.717, 1.165) is 30.6 Å². The molecule has 2 aliphatic rings. The number of amides is 1. The van der Waals surface area contributed by atoms with Crippen LogP contribution in [0.15, 0.2) is 36.8 Å². The average Bonchev–Trinajstić information content (AvgIpc) is 3.45. The monoisotopic (exact) mass is 385 g/mol. The predicted octanol–water partition coefficient (Wildman–Crippen LogP) is 1.65. The summed E-state index contributed by atoms with van der Waals surface area (Å²) in [6, 6.07) is 3.92. The number of hydrogen-bond acceptors (Lipinski definition) is 6. The molecule has 8 heteroatoms. The number of fused-ring (bicyclic) bond motifs is 1. The van der Waals surface area contributed by atoms with Crippen LogP contribution in [0.2, 0.25) is 0 Å². The minimum atomic E-state index is -0.509. The Kier molecular flexibility index (Phi) is 5.59. The van der Waals surface area contributed by atoms with Gasteiger partial charge in [0.25, 0.3) is 0 Å². The molecule has 28 heavy (non-hydrogen) atoms. The largest absolute Gasteiger partial charge is 0.383 e. The third-order valence-electron chi connectivity index (χ3n) is 5.59. The topological polar surface area (TPSA) is 89.8 Å². The molecule has 1 amide bonds. The van der Waals surface area contributed by atoms with Gasteiger partial charge in [0.2, 0.25) is 5.91 Å². The number of hydrogen-bond donors (Lipinski definition) is 2. The molecule has 4 rings (SSSR count). The Morgan fingerprint density at radius 3 is 3.21 bits per heavy atom. The number of rotatable bonds is 8. The maximum absolute atomic E-state index is 12.7. The standard InChI is InChI=1S/C20H27N5O3/c1-27-13-20(6-2-3-7-20)19(26)22-10-15-9-16(28-12-15)11-21-18-17-5-4-8-25(17)24-14-23-18/h2,4-6,8,14-16H,3,7,9-13H2,1H3,(H,22,26)(H,21,23,24). The lowest BCUT2D eigenvalue weighted by Crippen LogP contribution is -2.43. The van der Waals surface area contributed by atoms with E-state index in [4.69, 9.17) is 9.47 Å². The van der Waals surface area contributed by atoms with E-state index in [-0.39, 0.29) is 12.0 Å². The second-order valence-electron chi connectivity index (χ2n) is 7.62. The van der Waals surface area contributed by atoms with Gasteiger partial charge in [0.15, 0.2) is 5.82 Å². The number of anilines is 1. The minimum absolute atomic E-state index is 0.0567. The molecule has 2 aromatic heterocycles. The van der Waals surface area contributed by atoms with Gasteiger partial charge in [-0.1, -0.05) is 12.2 Å². The van der Waals surface area contributed by atoms with Gasteiger partial charge < -0.3 is 20.1 Å². The summed E-state index contributed by atoms with van der Waals surface area (Å²) in [6.45, 7) is 2.39. The Morgan fingerprint density at radius 1 is 1.46 bits per heavy atom. The number of ether oxygens (including phenoxy) is 2. The first-order chi connectivity index (χ1) is 13.7. The van der Waals surface area contributed by atoms with Crippen LogP contribution in [-0.2, 0) is 14.3 Å². The SMILES string of the molecule is COCC1(C(=O)NCC2COC(CNc3ncnn4cccc34)C2)C=CCC1. The van der Waals surface area contributed by atoms with Gasteiger partial charge in [0.1, 0.15) is 11.8 Å². The quantitative estimate of drug-likeness (QED) is 0.672. The Hall–Kier alpha value is -2.45. The molecule has 1 fully saturated rings. The molecule has 1 aliphatic carbocycles. The Morgan fingerprint density at radius 2 is 2.39 bits per heavy atom. The maximum Gasteiger partial charge on any atom is 0.232 e. The fourth-order valence-electron chi connectivity index (χ4n) is 4.06. The molecule has 0 spiro atoms. The first-order valence-corrected chi connectivity index (χ1v) is 9.79. The fraction of sp³-hybridized carbons (Fsp3) is 0.550. The van der Waals surface area contributed by atoms with E-state index < -0.39 is 5.41 Å². The molecule has 8 nitrogen and oxygen atoms in total. The number of nitrogens with one attached hydrogen (secondary N) is 2. The van der Waals surface area contributed by atoms with Gasteiger partial charge in [0, 0.05) is 32.3 Å². The smallest absolute Gasteiger partial charge is 0.232 e. The van der Waals surface area contributed by atoms with Gasteiger partial charge in [-0.25, -0.2) is 9.50 Å². The van der Waals surface area contributed by atoms with Gasteiger partial charge in [-0.2, -0.15) is 5.10 Å². The van der Waals surface area contributed by atoms with Gasteiger partial charge in [0.05, 0.1) is 24.7 Å². The van der Waals surface area contributed by atoms with Crippen molar-refractivity contribution in [3.05, 3.63) is 36.8 Å². The lowest BCUT2D eigenvalue weighted by Gasteiger charge is -2.26. The zero-order valence-electron chi connectivity index (χ0n) is 16.1. The Balaban J connectivity index is 1.25. The fourth-order valence-corrected chi connectivity index (χ4v) is 4.06. The molecule has 2 aromatic rings. The van der Waals surface area contributed by atoms with Crippen molar-refractivity contribution in [2.45, 2.75) is 25.4 Å². The van der Waals surface area contributed by atoms with Crippen LogP contribution >= 0.6 is 0 Å². The highest BCUT2D eigenvalue weighted by atomic mass is 16.5. The third-order valence-corrected chi connectivity index (χ3v) is 5.59. The number of carbonyl (C=O) groups is 1. The summed E-state index contributed by atoms with van der Waals surface area (Å²) in [4.78, 5) is 17.0. The molecule has 0 radical (unpaired) electrons. The zero-order valence-corrected chi connectivity index (χ0v) is 16.1. The molecule has 1 aliphatic heterocycles. The molecule has 3 unspecified atom stereocenters. The summed E-state index contributed by atoms with van der Waals surface area (Å²) >= 11 is 0. The van der Waals surface area contributed by atoms with E-state index in [2.05, 4.69) is 26.8 Å². The van der Waals surface area contributed by atoms with Crippen LogP contribution in [0, 0.1) is 11.3 Å². The van der Waals surface area contributed by atoms with Crippen LogP contribution in [-0.4, -0.2) is 60.0 Å². The maximum atomic E-state index is 12.7. The lowest BCUT2D eigenvalue weighted by atomic mass is 9.87.